The summed E-state index contributed by atoms with van der Waals surface area (Å²) >= 11 is -1.62. The molecule has 6 heteroatoms. The predicted molar refractivity (Wildman–Crippen MR) is 66.3 cm³/mol. The van der Waals surface area contributed by atoms with Gasteiger partial charge in [0.15, 0.2) is 0 Å². The highest BCUT2D eigenvalue weighted by molar-refractivity contribution is 7.90. The molecule has 102 valence electrons. The van der Waals surface area contributed by atoms with E-state index in [0.29, 0.717) is 5.56 Å². The Morgan fingerprint density at radius 3 is 2.28 bits per heavy atom. The zero-order valence-corrected chi connectivity index (χ0v) is 11.2. The molecule has 18 heavy (non-hydrogen) atoms. The summed E-state index contributed by atoms with van der Waals surface area (Å²) in [7, 11) is 0. The lowest BCUT2D eigenvalue weighted by Crippen LogP contribution is -2.42. The molecule has 0 heterocycles. The third-order valence-electron chi connectivity index (χ3n) is 3.28. The highest BCUT2D eigenvalue weighted by Gasteiger charge is 2.38. The second kappa shape index (κ2) is 5.11. The average molecular weight is 279 g/mol. The van der Waals surface area contributed by atoms with Crippen LogP contribution in [0.4, 0.5) is 13.2 Å². The molecular formula is C12H16F3NOS. The van der Waals surface area contributed by atoms with Gasteiger partial charge in [-0.05, 0) is 25.5 Å². The fraction of sp³-hybridized carbons (Fsp3) is 0.500. The van der Waals surface area contributed by atoms with E-state index in [1.165, 1.54) is 6.07 Å². The fourth-order valence-corrected chi connectivity index (χ4v) is 2.04. The van der Waals surface area contributed by atoms with Gasteiger partial charge in [0.25, 0.3) is 0 Å². The Morgan fingerprint density at radius 1 is 1.28 bits per heavy atom. The van der Waals surface area contributed by atoms with E-state index in [9.17, 15) is 17.7 Å². The van der Waals surface area contributed by atoms with Crippen LogP contribution in [-0.2, 0) is 17.5 Å². The molecule has 1 rings (SSSR count). The van der Waals surface area contributed by atoms with Crippen LogP contribution in [0.3, 0.4) is 0 Å². The van der Waals surface area contributed by atoms with Crippen LogP contribution in [-0.4, -0.2) is 9.30 Å². The average Bonchev–Trinajstić information content (AvgIpc) is 2.26. The molecule has 2 N–H and O–H groups in total. The van der Waals surface area contributed by atoms with E-state index in [4.69, 9.17) is 5.14 Å². The number of rotatable bonds is 3. The normalized spacial score (nSPS) is 16.4. The Bertz CT molecular complexity index is 418. The van der Waals surface area contributed by atoms with Gasteiger partial charge in [0.1, 0.15) is 4.75 Å². The maximum Gasteiger partial charge on any atom is 0.416 e. The Labute approximate surface area is 108 Å². The monoisotopic (exact) mass is 279 g/mol. The molecule has 1 aromatic rings. The van der Waals surface area contributed by atoms with Crippen molar-refractivity contribution in [2.24, 2.45) is 5.14 Å². The van der Waals surface area contributed by atoms with Crippen LogP contribution < -0.4 is 5.14 Å². The van der Waals surface area contributed by atoms with E-state index in [0.717, 1.165) is 12.1 Å². The van der Waals surface area contributed by atoms with Gasteiger partial charge in [-0.3, -0.25) is 0 Å². The van der Waals surface area contributed by atoms with Gasteiger partial charge in [-0.25, -0.2) is 0 Å². The molecule has 0 spiro atoms. The summed E-state index contributed by atoms with van der Waals surface area (Å²) < 4.78 is 48.4. The molecule has 1 aromatic carbocycles. The summed E-state index contributed by atoms with van der Waals surface area (Å²) in [5.41, 5.74) is -0.223. The molecule has 0 radical (unpaired) electrons. The van der Waals surface area contributed by atoms with Crippen molar-refractivity contribution in [2.45, 2.75) is 37.6 Å². The topological polar surface area (TPSA) is 49.1 Å². The molecule has 0 saturated carbocycles. The zero-order valence-electron chi connectivity index (χ0n) is 10.4. The quantitative estimate of drug-likeness (QED) is 0.864. The van der Waals surface area contributed by atoms with Crippen molar-refractivity contribution < 1.29 is 17.7 Å². The van der Waals surface area contributed by atoms with Crippen LogP contribution in [0.25, 0.3) is 0 Å². The first-order valence-corrected chi connectivity index (χ1v) is 6.61. The summed E-state index contributed by atoms with van der Waals surface area (Å²) in [5.74, 6) is -0.342. The van der Waals surface area contributed by atoms with Gasteiger partial charge in [0.2, 0.25) is 0 Å². The lowest BCUT2D eigenvalue weighted by molar-refractivity contribution is -0.137. The van der Waals surface area contributed by atoms with Gasteiger partial charge < -0.3 is 4.55 Å². The Hall–Kier alpha value is -0.720. The number of alkyl halides is 3. The SMILES string of the molecule is CC(c1cccc(C(F)(F)F)c1)C(C)(C)[S+](N)[O-]. The van der Waals surface area contributed by atoms with E-state index in [-0.39, 0.29) is 5.92 Å². The van der Waals surface area contributed by atoms with Gasteiger partial charge in [-0.2, -0.15) is 18.3 Å². The molecule has 2 nitrogen and oxygen atoms in total. The molecule has 0 fully saturated rings. The number of benzene rings is 1. The van der Waals surface area contributed by atoms with Gasteiger partial charge in [-0.15, -0.1) is 0 Å². The molecule has 0 aliphatic rings. The second-order valence-corrected chi connectivity index (χ2v) is 6.39. The van der Waals surface area contributed by atoms with Gasteiger partial charge >= 0.3 is 6.18 Å². The maximum absolute atomic E-state index is 12.6. The van der Waals surface area contributed by atoms with Crippen molar-refractivity contribution in [3.8, 4) is 0 Å². The lowest BCUT2D eigenvalue weighted by Gasteiger charge is -2.31. The number of hydrogen-bond donors (Lipinski definition) is 1. The Morgan fingerprint density at radius 2 is 1.83 bits per heavy atom. The van der Waals surface area contributed by atoms with Crippen molar-refractivity contribution in [3.05, 3.63) is 35.4 Å². The van der Waals surface area contributed by atoms with Crippen LogP contribution in [0.2, 0.25) is 0 Å². The molecule has 0 aliphatic carbocycles. The van der Waals surface area contributed by atoms with E-state index in [1.54, 1.807) is 26.8 Å². The number of hydrogen-bond acceptors (Lipinski definition) is 2. The van der Waals surface area contributed by atoms with E-state index in [1.807, 2.05) is 0 Å². The minimum Gasteiger partial charge on any atom is -0.598 e. The van der Waals surface area contributed by atoms with Crippen molar-refractivity contribution >= 4 is 11.4 Å². The number of halogens is 3. The molecule has 0 aromatic heterocycles. The van der Waals surface area contributed by atoms with Crippen molar-refractivity contribution in [1.29, 1.82) is 0 Å². The molecular weight excluding hydrogens is 263 g/mol. The standard InChI is InChI=1S/C12H16F3NOS/c1-8(11(2,3)18(16)17)9-5-4-6-10(7-9)12(13,14)15/h4-8H,16H2,1-3H3. The molecule has 0 aliphatic heterocycles. The van der Waals surface area contributed by atoms with Crippen LogP contribution in [0.5, 0.6) is 0 Å². The lowest BCUT2D eigenvalue weighted by atomic mass is 9.88. The Balaban J connectivity index is 3.12. The highest BCUT2D eigenvalue weighted by atomic mass is 32.2. The van der Waals surface area contributed by atoms with Gasteiger partial charge in [-0.1, -0.05) is 25.1 Å². The van der Waals surface area contributed by atoms with Crippen LogP contribution in [0.1, 0.15) is 37.8 Å². The summed E-state index contributed by atoms with van der Waals surface area (Å²) in [6.07, 6.45) is -4.37. The van der Waals surface area contributed by atoms with Crippen molar-refractivity contribution in [1.82, 2.24) is 0 Å². The largest absolute Gasteiger partial charge is 0.598 e. The first-order valence-electron chi connectivity index (χ1n) is 5.40. The van der Waals surface area contributed by atoms with E-state index < -0.39 is 27.8 Å². The maximum atomic E-state index is 12.6. The predicted octanol–water partition coefficient (Wildman–Crippen LogP) is 3.21. The second-order valence-electron chi connectivity index (χ2n) is 4.75. The molecule has 0 saturated heterocycles. The molecule has 0 amide bonds. The van der Waals surface area contributed by atoms with E-state index in [2.05, 4.69) is 0 Å². The fourth-order valence-electron chi connectivity index (χ4n) is 1.56. The third-order valence-corrected chi connectivity index (χ3v) is 4.67. The van der Waals surface area contributed by atoms with Crippen LogP contribution >= 0.6 is 0 Å². The van der Waals surface area contributed by atoms with Crippen LogP contribution in [0, 0.1) is 0 Å². The summed E-state index contributed by atoms with van der Waals surface area (Å²) in [6.45, 7) is 5.07. The van der Waals surface area contributed by atoms with Gasteiger partial charge in [0.05, 0.1) is 5.56 Å². The van der Waals surface area contributed by atoms with Crippen molar-refractivity contribution in [3.63, 3.8) is 0 Å². The first-order chi connectivity index (χ1) is 8.06. The Kier molecular flexibility index (Phi) is 4.35. The first kappa shape index (κ1) is 15.3. The summed E-state index contributed by atoms with van der Waals surface area (Å²) in [4.78, 5) is 0. The highest BCUT2D eigenvalue weighted by Crippen LogP contribution is 2.36. The van der Waals surface area contributed by atoms with Crippen LogP contribution in [0.15, 0.2) is 24.3 Å². The van der Waals surface area contributed by atoms with Gasteiger partial charge in [0, 0.05) is 17.3 Å². The third kappa shape index (κ3) is 3.18. The van der Waals surface area contributed by atoms with Crippen molar-refractivity contribution in [2.75, 3.05) is 0 Å². The molecule has 2 atom stereocenters. The summed E-state index contributed by atoms with van der Waals surface area (Å²) in [6, 6.07) is 5.04. The summed E-state index contributed by atoms with van der Waals surface area (Å²) in [5, 5.41) is 5.38. The molecule has 2 unspecified atom stereocenters. The molecule has 0 bridgehead atoms. The zero-order chi connectivity index (χ0) is 14.1. The minimum atomic E-state index is -4.37. The smallest absolute Gasteiger partial charge is 0.416 e. The van der Waals surface area contributed by atoms with E-state index >= 15 is 0 Å². The minimum absolute atomic E-state index is 0.342. The number of nitrogens with two attached hydrogens (primary N) is 1.